The first-order valence-electron chi connectivity index (χ1n) is 10.1. The molecule has 0 radical (unpaired) electrons. The fourth-order valence-electron chi connectivity index (χ4n) is 2.74. The van der Waals surface area contributed by atoms with Crippen LogP contribution in [0.2, 0.25) is 0 Å². The van der Waals surface area contributed by atoms with Gasteiger partial charge in [-0.3, -0.25) is 0 Å². The molecule has 0 aromatic heterocycles. The Kier molecular flexibility index (Phi) is 9.30. The molecule has 0 bridgehead atoms. The minimum atomic E-state index is -0.771. The van der Waals surface area contributed by atoms with Gasteiger partial charge in [0.25, 0.3) is 0 Å². The molecule has 0 aliphatic heterocycles. The van der Waals surface area contributed by atoms with Crippen molar-refractivity contribution in [2.24, 2.45) is 0 Å². The van der Waals surface area contributed by atoms with E-state index in [1.54, 1.807) is 24.3 Å². The average molecular weight is 444 g/mol. The fraction of sp³-hybridized carbons (Fsp3) is 0.154. The topological polar surface area (TPSA) is 100 Å². The molecule has 0 saturated carbocycles. The van der Waals surface area contributed by atoms with Gasteiger partial charge in [0, 0.05) is 13.0 Å². The predicted octanol–water partition coefficient (Wildman–Crippen LogP) is 5.62. The van der Waals surface area contributed by atoms with E-state index in [0.717, 1.165) is 24.5 Å². The lowest BCUT2D eigenvalue weighted by atomic mass is 10.1. The maximum Gasteiger partial charge on any atom is 0.343 e. The smallest absolute Gasteiger partial charge is 0.343 e. The fourth-order valence-corrected chi connectivity index (χ4v) is 2.74. The van der Waals surface area contributed by atoms with Crippen molar-refractivity contribution in [2.75, 3.05) is 0 Å². The number of nitriles is 2. The minimum absolute atomic E-state index is 0.0153. The summed E-state index contributed by atoms with van der Waals surface area (Å²) < 4.78 is 24.0. The van der Waals surface area contributed by atoms with Crippen LogP contribution in [0.4, 0.5) is 4.39 Å². The highest BCUT2D eigenvalue weighted by Crippen LogP contribution is 2.19. The van der Waals surface area contributed by atoms with Gasteiger partial charge in [-0.05, 0) is 60.5 Å². The van der Waals surface area contributed by atoms with Gasteiger partial charge >= 0.3 is 11.9 Å². The monoisotopic (exact) mass is 444 g/mol. The summed E-state index contributed by atoms with van der Waals surface area (Å²) in [6.07, 6.45) is 1.97. The molecule has 33 heavy (non-hydrogen) atoms. The Hall–Kier alpha value is -4.49. The van der Waals surface area contributed by atoms with Crippen LogP contribution in [0.15, 0.2) is 66.7 Å². The van der Waals surface area contributed by atoms with E-state index >= 15 is 0 Å². The largest absolute Gasteiger partial charge is 0.423 e. The standard InChI is InChI=1S/C24H18FNO4.C2H3N/c1-2-3-16-4-6-17(7-5-16)23(27)29-20-11-8-18(9-12-20)24(28)30-21-13-10-19(15-26)22(25)14-21;1-2-3/h4-14H,2-3H2,1H3;1H3. The summed E-state index contributed by atoms with van der Waals surface area (Å²) in [5, 5.41) is 16.1. The molecule has 6 nitrogen and oxygen atoms in total. The molecule has 0 atom stereocenters. The van der Waals surface area contributed by atoms with Crippen molar-refractivity contribution in [1.29, 1.82) is 10.5 Å². The van der Waals surface area contributed by atoms with Crippen LogP contribution in [-0.4, -0.2) is 11.9 Å². The number of halogens is 1. The van der Waals surface area contributed by atoms with E-state index in [1.165, 1.54) is 43.3 Å². The Bertz CT molecular complexity index is 1190. The molecule has 0 amide bonds. The molecule has 3 aromatic carbocycles. The third-order valence-electron chi connectivity index (χ3n) is 4.30. The second-order valence-electron chi connectivity index (χ2n) is 6.73. The van der Waals surface area contributed by atoms with Crippen molar-refractivity contribution in [1.82, 2.24) is 0 Å². The molecular weight excluding hydrogens is 423 g/mol. The molecule has 3 aromatic rings. The minimum Gasteiger partial charge on any atom is -0.423 e. The number of hydrogen-bond acceptors (Lipinski definition) is 6. The average Bonchev–Trinajstić information content (AvgIpc) is 2.81. The first kappa shape index (κ1) is 24.8. The third-order valence-corrected chi connectivity index (χ3v) is 4.30. The van der Waals surface area contributed by atoms with E-state index in [9.17, 15) is 14.0 Å². The number of ether oxygens (including phenoxy) is 2. The Morgan fingerprint density at radius 2 is 1.33 bits per heavy atom. The Morgan fingerprint density at radius 3 is 1.82 bits per heavy atom. The maximum absolute atomic E-state index is 13.6. The lowest BCUT2D eigenvalue weighted by Crippen LogP contribution is -2.10. The molecule has 0 aliphatic carbocycles. The normalized spacial score (nSPS) is 9.48. The molecule has 3 rings (SSSR count). The van der Waals surface area contributed by atoms with Gasteiger partial charge in [0.1, 0.15) is 23.4 Å². The zero-order chi connectivity index (χ0) is 24.2. The van der Waals surface area contributed by atoms with Crippen LogP contribution in [0, 0.1) is 28.5 Å². The van der Waals surface area contributed by atoms with Crippen LogP contribution in [0.5, 0.6) is 11.5 Å². The maximum atomic E-state index is 13.6. The van der Waals surface area contributed by atoms with Gasteiger partial charge in [-0.25, -0.2) is 14.0 Å². The second kappa shape index (κ2) is 12.4. The van der Waals surface area contributed by atoms with E-state index in [-0.39, 0.29) is 22.6 Å². The first-order chi connectivity index (χ1) is 15.9. The third kappa shape index (κ3) is 7.30. The number of carbonyl (C=O) groups excluding carboxylic acids is 2. The van der Waals surface area contributed by atoms with Gasteiger partial charge < -0.3 is 9.47 Å². The second-order valence-corrected chi connectivity index (χ2v) is 6.73. The molecular formula is C26H21FN2O4. The highest BCUT2D eigenvalue weighted by Gasteiger charge is 2.13. The lowest BCUT2D eigenvalue weighted by Gasteiger charge is -2.07. The summed E-state index contributed by atoms with van der Waals surface area (Å²) >= 11 is 0. The Labute approximate surface area is 191 Å². The highest BCUT2D eigenvalue weighted by atomic mass is 19.1. The molecule has 0 N–H and O–H groups in total. The van der Waals surface area contributed by atoms with Crippen LogP contribution < -0.4 is 9.47 Å². The van der Waals surface area contributed by atoms with Gasteiger partial charge in [-0.2, -0.15) is 10.5 Å². The number of nitrogens with zero attached hydrogens (tertiary/aromatic N) is 2. The predicted molar refractivity (Wildman–Crippen MR) is 119 cm³/mol. The zero-order valence-electron chi connectivity index (χ0n) is 18.2. The number of carbonyl (C=O) groups is 2. The summed E-state index contributed by atoms with van der Waals surface area (Å²) in [7, 11) is 0. The molecule has 0 spiro atoms. The number of hydrogen-bond donors (Lipinski definition) is 0. The van der Waals surface area contributed by atoms with E-state index in [4.69, 9.17) is 20.0 Å². The van der Waals surface area contributed by atoms with Gasteiger partial charge in [0.2, 0.25) is 0 Å². The van der Waals surface area contributed by atoms with Crippen molar-refractivity contribution in [2.45, 2.75) is 26.7 Å². The van der Waals surface area contributed by atoms with E-state index in [1.807, 2.05) is 12.1 Å². The van der Waals surface area contributed by atoms with Crippen LogP contribution in [0.25, 0.3) is 0 Å². The molecule has 0 unspecified atom stereocenters. The van der Waals surface area contributed by atoms with Crippen molar-refractivity contribution in [3.63, 3.8) is 0 Å². The number of rotatable bonds is 6. The Morgan fingerprint density at radius 1 is 0.848 bits per heavy atom. The van der Waals surface area contributed by atoms with E-state index < -0.39 is 17.8 Å². The van der Waals surface area contributed by atoms with Crippen molar-refractivity contribution >= 4 is 11.9 Å². The van der Waals surface area contributed by atoms with Crippen LogP contribution in [0.3, 0.4) is 0 Å². The summed E-state index contributed by atoms with van der Waals surface area (Å²) in [5.74, 6) is -1.71. The van der Waals surface area contributed by atoms with Crippen molar-refractivity contribution < 1.29 is 23.5 Å². The SMILES string of the molecule is CC#N.CCCc1ccc(C(=O)Oc2ccc(C(=O)Oc3ccc(C#N)c(F)c3)cc2)cc1. The van der Waals surface area contributed by atoms with E-state index in [0.29, 0.717) is 5.56 Å². The van der Waals surface area contributed by atoms with E-state index in [2.05, 4.69) is 6.92 Å². The number of benzene rings is 3. The molecule has 7 heteroatoms. The van der Waals surface area contributed by atoms with Crippen LogP contribution in [-0.2, 0) is 6.42 Å². The zero-order valence-corrected chi connectivity index (χ0v) is 18.2. The van der Waals surface area contributed by atoms with Gasteiger partial charge in [0.05, 0.1) is 22.8 Å². The highest BCUT2D eigenvalue weighted by molar-refractivity contribution is 5.92. The van der Waals surface area contributed by atoms with Gasteiger partial charge in [0.15, 0.2) is 0 Å². The summed E-state index contributed by atoms with van der Waals surface area (Å²) in [5.41, 5.74) is 1.64. The molecule has 0 aliphatic rings. The molecule has 166 valence electrons. The lowest BCUT2D eigenvalue weighted by molar-refractivity contribution is 0.0730. The molecule has 0 saturated heterocycles. The number of esters is 2. The summed E-state index contributed by atoms with van der Waals surface area (Å²) in [6.45, 7) is 3.52. The molecule has 0 fully saturated rings. The van der Waals surface area contributed by atoms with Crippen molar-refractivity contribution in [3.8, 4) is 23.6 Å². The Balaban J connectivity index is 0.00000122. The van der Waals surface area contributed by atoms with Crippen molar-refractivity contribution in [3.05, 3.63) is 94.8 Å². The first-order valence-corrected chi connectivity index (χ1v) is 10.1. The summed E-state index contributed by atoms with van der Waals surface area (Å²) in [6, 6.07) is 20.0. The number of aryl methyl sites for hydroxylation is 1. The van der Waals surface area contributed by atoms with Crippen LogP contribution >= 0.6 is 0 Å². The van der Waals surface area contributed by atoms with Gasteiger partial charge in [-0.15, -0.1) is 0 Å². The van der Waals surface area contributed by atoms with Gasteiger partial charge in [-0.1, -0.05) is 25.5 Å². The van der Waals surface area contributed by atoms with Crippen LogP contribution in [0.1, 0.15) is 52.1 Å². The quantitative estimate of drug-likeness (QED) is 0.361. The molecule has 0 heterocycles. The summed E-state index contributed by atoms with van der Waals surface area (Å²) in [4.78, 5) is 24.5.